The Bertz CT molecular complexity index is 1090. The monoisotopic (exact) mass is 463 g/mol. The van der Waals surface area contributed by atoms with Gasteiger partial charge in [-0.3, -0.25) is 9.59 Å². The average molecular weight is 464 g/mol. The number of pyridine rings is 1. The van der Waals surface area contributed by atoms with Crippen LogP contribution in [0.2, 0.25) is 0 Å². The lowest BCUT2D eigenvalue weighted by molar-refractivity contribution is -0.146. The van der Waals surface area contributed by atoms with Crippen LogP contribution in [0.1, 0.15) is 42.4 Å². The van der Waals surface area contributed by atoms with Gasteiger partial charge < -0.3 is 24.3 Å². The van der Waals surface area contributed by atoms with Crippen LogP contribution >= 0.6 is 0 Å². The largest absolute Gasteiger partial charge is 0.463 e. The molecule has 3 aliphatic rings. The maximum Gasteiger partial charge on any atom is 0.312 e. The lowest BCUT2D eigenvalue weighted by Gasteiger charge is -2.36. The summed E-state index contributed by atoms with van der Waals surface area (Å²) in [7, 11) is 0. The topological polar surface area (TPSA) is 112 Å². The number of carbonyl (C=O) groups excluding carboxylic acids is 2. The summed E-state index contributed by atoms with van der Waals surface area (Å²) in [5, 5.41) is 12.7. The molecule has 0 bridgehead atoms. The molecule has 9 nitrogen and oxygen atoms in total. The van der Waals surface area contributed by atoms with E-state index in [-0.39, 0.29) is 6.10 Å². The first-order chi connectivity index (χ1) is 16.7. The minimum Gasteiger partial charge on any atom is -0.463 e. The van der Waals surface area contributed by atoms with Crippen LogP contribution in [-0.2, 0) is 27.2 Å². The number of hydrogen-bond donors (Lipinski definition) is 1. The maximum atomic E-state index is 12.6. The lowest BCUT2D eigenvalue weighted by Crippen LogP contribution is -2.53. The smallest absolute Gasteiger partial charge is 0.312 e. The molecule has 9 heteroatoms. The van der Waals surface area contributed by atoms with Gasteiger partial charge in [0.2, 0.25) is 0 Å². The first-order valence-electron chi connectivity index (χ1n) is 12.1. The zero-order valence-electron chi connectivity index (χ0n) is 19.2. The predicted octanol–water partition coefficient (Wildman–Crippen LogP) is 2.04. The van der Waals surface area contributed by atoms with Crippen molar-refractivity contribution in [2.75, 3.05) is 44.2 Å². The number of rotatable bonds is 4. The Balaban J connectivity index is 1.31. The Morgan fingerprint density at radius 2 is 1.94 bits per heavy atom. The summed E-state index contributed by atoms with van der Waals surface area (Å²) < 4.78 is 11.2. The van der Waals surface area contributed by atoms with Gasteiger partial charge in [0.15, 0.2) is 5.76 Å². The molecule has 5 rings (SSSR count). The van der Waals surface area contributed by atoms with E-state index < -0.39 is 11.8 Å². The molecule has 4 heterocycles. The van der Waals surface area contributed by atoms with E-state index >= 15 is 0 Å². The Kier molecular flexibility index (Phi) is 6.50. The van der Waals surface area contributed by atoms with E-state index in [1.807, 2.05) is 17.0 Å². The van der Waals surface area contributed by atoms with Gasteiger partial charge >= 0.3 is 11.8 Å². The second kappa shape index (κ2) is 9.85. The van der Waals surface area contributed by atoms with Gasteiger partial charge in [0, 0.05) is 39.3 Å². The molecule has 178 valence electrons. The molecule has 1 unspecified atom stereocenters. The minimum absolute atomic E-state index is 0.00330. The van der Waals surface area contributed by atoms with Crippen molar-refractivity contribution < 1.29 is 18.7 Å². The maximum absolute atomic E-state index is 12.6. The first kappa shape index (κ1) is 22.4. The van der Waals surface area contributed by atoms with Crippen molar-refractivity contribution in [2.24, 2.45) is 0 Å². The first-order valence-corrected chi connectivity index (χ1v) is 12.1. The van der Waals surface area contributed by atoms with Crippen molar-refractivity contribution in [3.63, 3.8) is 0 Å². The third-order valence-corrected chi connectivity index (χ3v) is 6.94. The number of nitrogens with zero attached hydrogens (tertiary/aromatic N) is 4. The van der Waals surface area contributed by atoms with Crippen LogP contribution in [0.3, 0.4) is 0 Å². The number of nitrogens with one attached hydrogen (secondary N) is 1. The molecule has 2 aromatic heterocycles. The fourth-order valence-corrected chi connectivity index (χ4v) is 5.12. The van der Waals surface area contributed by atoms with Crippen LogP contribution < -0.4 is 10.2 Å². The number of nitriles is 1. The van der Waals surface area contributed by atoms with Crippen molar-refractivity contribution in [3.05, 3.63) is 35.1 Å². The van der Waals surface area contributed by atoms with E-state index in [9.17, 15) is 14.9 Å². The van der Waals surface area contributed by atoms with Gasteiger partial charge in [0.05, 0.1) is 17.9 Å². The van der Waals surface area contributed by atoms with Gasteiger partial charge in [-0.2, -0.15) is 5.26 Å². The minimum atomic E-state index is -0.589. The van der Waals surface area contributed by atoms with E-state index in [2.05, 4.69) is 11.4 Å². The van der Waals surface area contributed by atoms with Crippen molar-refractivity contribution >= 4 is 17.6 Å². The molecule has 1 N–H and O–H groups in total. The summed E-state index contributed by atoms with van der Waals surface area (Å²) in [6.07, 6.45) is 7.38. The highest BCUT2D eigenvalue weighted by Gasteiger charge is 2.31. The summed E-state index contributed by atoms with van der Waals surface area (Å²) >= 11 is 0. The van der Waals surface area contributed by atoms with E-state index in [4.69, 9.17) is 14.1 Å². The van der Waals surface area contributed by atoms with Gasteiger partial charge in [-0.15, -0.1) is 0 Å². The van der Waals surface area contributed by atoms with Gasteiger partial charge in [0.1, 0.15) is 17.6 Å². The molecule has 2 aliphatic heterocycles. The van der Waals surface area contributed by atoms with Crippen molar-refractivity contribution in [2.45, 2.75) is 44.6 Å². The number of ether oxygens (including phenoxy) is 1. The quantitative estimate of drug-likeness (QED) is 0.691. The summed E-state index contributed by atoms with van der Waals surface area (Å²) in [5.41, 5.74) is 3.61. The second-order valence-electron chi connectivity index (χ2n) is 9.04. The molecule has 1 atom stereocenters. The SMILES string of the molecule is N#Cc1c(N2CCN(C(=O)C(=O)NCC3CCCO3)CC2)nc(-c2ccco2)c2c1CCCC2. The number of piperazine rings is 1. The fourth-order valence-electron chi connectivity index (χ4n) is 5.12. The highest BCUT2D eigenvalue weighted by molar-refractivity contribution is 6.35. The molecular formula is C25H29N5O4. The molecular weight excluding hydrogens is 434 g/mol. The molecule has 2 aromatic rings. The number of aromatic nitrogens is 1. The van der Waals surface area contributed by atoms with Crippen molar-refractivity contribution in [1.82, 2.24) is 15.2 Å². The van der Waals surface area contributed by atoms with E-state index in [1.54, 1.807) is 11.2 Å². The van der Waals surface area contributed by atoms with Crippen LogP contribution in [0.15, 0.2) is 22.8 Å². The molecule has 34 heavy (non-hydrogen) atoms. The Hall–Kier alpha value is -3.38. The van der Waals surface area contributed by atoms with Gasteiger partial charge in [-0.05, 0) is 61.8 Å². The molecule has 0 radical (unpaired) electrons. The Morgan fingerprint density at radius 3 is 2.62 bits per heavy atom. The van der Waals surface area contributed by atoms with Crippen LogP contribution in [0.5, 0.6) is 0 Å². The Morgan fingerprint density at radius 1 is 1.15 bits per heavy atom. The zero-order chi connectivity index (χ0) is 23.5. The lowest BCUT2D eigenvalue weighted by atomic mass is 9.87. The number of furan rings is 1. The second-order valence-corrected chi connectivity index (χ2v) is 9.04. The number of hydrogen-bond acceptors (Lipinski definition) is 7. The molecule has 2 amide bonds. The third-order valence-electron chi connectivity index (χ3n) is 6.94. The van der Waals surface area contributed by atoms with Crippen molar-refractivity contribution in [3.8, 4) is 17.5 Å². The molecule has 0 spiro atoms. The van der Waals surface area contributed by atoms with Crippen LogP contribution in [0.25, 0.3) is 11.5 Å². The number of carbonyl (C=O) groups is 2. The van der Waals surface area contributed by atoms with Gasteiger partial charge in [0.25, 0.3) is 0 Å². The van der Waals surface area contributed by atoms with Gasteiger partial charge in [-0.1, -0.05) is 0 Å². The third kappa shape index (κ3) is 4.38. The number of fused-ring (bicyclic) bond motifs is 1. The molecule has 2 fully saturated rings. The van der Waals surface area contributed by atoms with Crippen molar-refractivity contribution in [1.29, 1.82) is 5.26 Å². The number of anilines is 1. The predicted molar refractivity (Wildman–Crippen MR) is 124 cm³/mol. The normalized spacial score (nSPS) is 20.0. The van der Waals surface area contributed by atoms with Crippen LogP contribution in [0.4, 0.5) is 5.82 Å². The number of amides is 2. The van der Waals surface area contributed by atoms with E-state index in [0.717, 1.165) is 55.3 Å². The molecule has 0 saturated carbocycles. The Labute approximate surface area is 198 Å². The van der Waals surface area contributed by atoms with Crippen LogP contribution in [0, 0.1) is 11.3 Å². The summed E-state index contributed by atoms with van der Waals surface area (Å²) in [5.74, 6) is 0.242. The fraction of sp³-hybridized carbons (Fsp3) is 0.520. The van der Waals surface area contributed by atoms with E-state index in [0.29, 0.717) is 56.5 Å². The highest BCUT2D eigenvalue weighted by atomic mass is 16.5. The zero-order valence-corrected chi connectivity index (χ0v) is 19.2. The standard InChI is InChI=1S/C25H29N5O4/c26-15-20-18-6-1-2-7-19(18)22(21-8-4-14-34-21)28-23(20)29-9-11-30(12-10-29)25(32)24(31)27-16-17-5-3-13-33-17/h4,8,14,17H,1-3,5-7,9-13,16H2,(H,27,31). The molecule has 2 saturated heterocycles. The molecule has 0 aromatic carbocycles. The van der Waals surface area contributed by atoms with Crippen LogP contribution in [-0.4, -0.2) is 67.1 Å². The average Bonchev–Trinajstić information content (AvgIpc) is 3.61. The van der Waals surface area contributed by atoms with E-state index in [1.165, 1.54) is 0 Å². The highest BCUT2D eigenvalue weighted by Crippen LogP contribution is 2.37. The summed E-state index contributed by atoms with van der Waals surface area (Å²) in [6, 6.07) is 6.15. The molecule has 1 aliphatic carbocycles. The van der Waals surface area contributed by atoms with Gasteiger partial charge in [-0.25, -0.2) is 4.98 Å². The summed E-state index contributed by atoms with van der Waals surface area (Å²) in [6.45, 7) is 2.87. The summed E-state index contributed by atoms with van der Waals surface area (Å²) in [4.78, 5) is 33.5.